The highest BCUT2D eigenvalue weighted by Crippen LogP contribution is 2.54. The number of amides is 1. The van der Waals surface area contributed by atoms with Gasteiger partial charge in [0.05, 0.1) is 39.5 Å². The van der Waals surface area contributed by atoms with Crippen LogP contribution in [-0.2, 0) is 6.42 Å². The number of carbonyl (C=O) groups excluding carboxylic acids is 1. The van der Waals surface area contributed by atoms with E-state index >= 15 is 0 Å². The number of fused-ring (bicyclic) bond motifs is 3. The molecule has 0 saturated carbocycles. The normalized spacial score (nSPS) is 14.1. The molecule has 3 aromatic rings. The quantitative estimate of drug-likeness (QED) is 0.431. The number of nitrogens with one attached hydrogen (secondary N) is 1. The van der Waals surface area contributed by atoms with Crippen molar-refractivity contribution < 1.29 is 23.7 Å². The Balaban J connectivity index is 1.98. The van der Waals surface area contributed by atoms with E-state index in [1.54, 1.807) is 19.2 Å². The molecule has 38 heavy (non-hydrogen) atoms. The predicted octanol–water partition coefficient (Wildman–Crippen LogP) is 5.74. The van der Waals surface area contributed by atoms with Crippen molar-refractivity contribution in [3.05, 3.63) is 79.0 Å². The molecule has 0 saturated heterocycles. The minimum atomic E-state index is -0.493. The predicted molar refractivity (Wildman–Crippen MR) is 149 cm³/mol. The van der Waals surface area contributed by atoms with Crippen LogP contribution in [-0.4, -0.2) is 34.3 Å². The van der Waals surface area contributed by atoms with Crippen molar-refractivity contribution in [1.82, 2.24) is 5.32 Å². The maximum Gasteiger partial charge on any atom is 0.252 e. The number of hydrogen-bond donors (Lipinski definition) is 1. The summed E-state index contributed by atoms with van der Waals surface area (Å²) in [5, 5.41) is 3.59. The zero-order valence-electron chi connectivity index (χ0n) is 22.7. The second-order valence-electron chi connectivity index (χ2n) is 9.39. The second-order valence-corrected chi connectivity index (χ2v) is 9.76. The number of carbonyl (C=O) groups is 1. The molecule has 0 aliphatic heterocycles. The molecule has 200 valence electrons. The molecular weight excluding hydrogens is 506 g/mol. The van der Waals surface area contributed by atoms with Crippen LogP contribution < -0.4 is 29.7 Å². The fourth-order valence-corrected chi connectivity index (χ4v) is 5.81. The third-order valence-corrected chi connectivity index (χ3v) is 7.42. The smallest absolute Gasteiger partial charge is 0.252 e. The van der Waals surface area contributed by atoms with Crippen LogP contribution in [0.1, 0.15) is 50.6 Å². The second kappa shape index (κ2) is 11.0. The molecule has 3 aromatic carbocycles. The summed E-state index contributed by atoms with van der Waals surface area (Å²) >= 11 is 6.87. The zero-order chi connectivity index (χ0) is 27.7. The maximum absolute atomic E-state index is 13.6. The number of methoxy groups -OCH3 is 4. The lowest BCUT2D eigenvalue weighted by Gasteiger charge is -2.21. The fourth-order valence-electron chi connectivity index (χ4n) is 5.46. The molecule has 0 spiro atoms. The average Bonchev–Trinajstić information content (AvgIpc) is 3.12. The van der Waals surface area contributed by atoms with Crippen molar-refractivity contribution in [2.24, 2.45) is 0 Å². The van der Waals surface area contributed by atoms with Gasteiger partial charge in [0.15, 0.2) is 17.2 Å². The lowest BCUT2D eigenvalue weighted by atomic mass is 9.95. The number of halogens is 1. The van der Waals surface area contributed by atoms with Gasteiger partial charge >= 0.3 is 0 Å². The summed E-state index contributed by atoms with van der Waals surface area (Å²) in [6, 6.07) is 8.42. The molecule has 0 bridgehead atoms. The van der Waals surface area contributed by atoms with Crippen molar-refractivity contribution in [2.75, 3.05) is 28.4 Å². The van der Waals surface area contributed by atoms with Gasteiger partial charge in [0, 0.05) is 11.1 Å². The van der Waals surface area contributed by atoms with Gasteiger partial charge in [0.25, 0.3) is 5.91 Å². The first-order chi connectivity index (χ1) is 18.2. The van der Waals surface area contributed by atoms with Crippen molar-refractivity contribution in [3.8, 4) is 34.1 Å². The number of aryl methyl sites for hydroxylation is 3. The van der Waals surface area contributed by atoms with Crippen molar-refractivity contribution in [2.45, 2.75) is 39.7 Å². The lowest BCUT2D eigenvalue weighted by molar-refractivity contribution is 0.0933. The van der Waals surface area contributed by atoms with Crippen LogP contribution in [0.5, 0.6) is 23.0 Å². The monoisotopic (exact) mass is 537 g/mol. The van der Waals surface area contributed by atoms with Crippen LogP contribution in [0.25, 0.3) is 11.1 Å². The fraction of sp³-hybridized carbons (Fsp3) is 0.333. The van der Waals surface area contributed by atoms with E-state index in [-0.39, 0.29) is 17.1 Å². The summed E-state index contributed by atoms with van der Waals surface area (Å²) < 4.78 is 22.4. The molecule has 1 aliphatic rings. The van der Waals surface area contributed by atoms with Crippen molar-refractivity contribution in [3.63, 3.8) is 0 Å². The minimum absolute atomic E-state index is 0.181. The van der Waals surface area contributed by atoms with Crippen LogP contribution in [0.15, 0.2) is 35.1 Å². The van der Waals surface area contributed by atoms with E-state index in [1.165, 1.54) is 27.4 Å². The van der Waals surface area contributed by atoms with E-state index in [9.17, 15) is 9.59 Å². The average molecular weight is 538 g/mol. The van der Waals surface area contributed by atoms with Crippen molar-refractivity contribution >= 4 is 17.5 Å². The summed E-state index contributed by atoms with van der Waals surface area (Å²) in [5.41, 5.74) is 5.97. The first kappa shape index (κ1) is 27.3. The first-order valence-corrected chi connectivity index (χ1v) is 12.7. The van der Waals surface area contributed by atoms with E-state index in [0.717, 1.165) is 22.3 Å². The highest BCUT2D eigenvalue weighted by Gasteiger charge is 2.33. The molecule has 0 fully saturated rings. The Kier molecular flexibility index (Phi) is 7.88. The zero-order valence-corrected chi connectivity index (χ0v) is 23.5. The van der Waals surface area contributed by atoms with E-state index in [4.69, 9.17) is 30.5 Å². The summed E-state index contributed by atoms with van der Waals surface area (Å²) in [5.74, 6) is 1.11. The highest BCUT2D eigenvalue weighted by atomic mass is 35.5. The molecule has 0 aromatic heterocycles. The van der Waals surface area contributed by atoms with Gasteiger partial charge in [0.1, 0.15) is 0 Å². The Bertz CT molecular complexity index is 1460. The van der Waals surface area contributed by atoms with Gasteiger partial charge in [-0.05, 0) is 73.6 Å². The third kappa shape index (κ3) is 4.67. The summed E-state index contributed by atoms with van der Waals surface area (Å²) in [7, 11) is 6.02. The van der Waals surface area contributed by atoms with Gasteiger partial charge in [0.2, 0.25) is 11.2 Å². The van der Waals surface area contributed by atoms with Crippen LogP contribution in [0, 0.1) is 20.8 Å². The molecule has 0 radical (unpaired) electrons. The lowest BCUT2D eigenvalue weighted by Crippen LogP contribution is -2.30. The van der Waals surface area contributed by atoms with E-state index in [0.29, 0.717) is 57.4 Å². The van der Waals surface area contributed by atoms with Gasteiger partial charge < -0.3 is 24.3 Å². The Morgan fingerprint density at radius 1 is 0.895 bits per heavy atom. The summed E-state index contributed by atoms with van der Waals surface area (Å²) in [6.07, 6.45) is 0.977. The first-order valence-electron chi connectivity index (χ1n) is 12.3. The van der Waals surface area contributed by atoms with Crippen LogP contribution in [0.4, 0.5) is 0 Å². The maximum atomic E-state index is 13.6. The van der Waals surface area contributed by atoms with Gasteiger partial charge in [-0.3, -0.25) is 9.59 Å². The topological polar surface area (TPSA) is 83.1 Å². The largest absolute Gasteiger partial charge is 0.493 e. The SMILES string of the molecule is COc1c(Cl)c2c(c(OC)c1OC)-c1ccc(OC)c(=O)cc1[C@@H](NC(=O)c1c(C)cc(C)cc1C)CC2. The number of hydrogen-bond acceptors (Lipinski definition) is 6. The Morgan fingerprint density at radius 2 is 1.53 bits per heavy atom. The Hall–Kier alpha value is -3.71. The Morgan fingerprint density at radius 3 is 2.11 bits per heavy atom. The van der Waals surface area contributed by atoms with E-state index < -0.39 is 6.04 Å². The molecule has 1 N–H and O–H groups in total. The third-order valence-electron chi connectivity index (χ3n) is 7.02. The molecule has 4 rings (SSSR count). The molecule has 0 heterocycles. The Labute approximate surface area is 227 Å². The van der Waals surface area contributed by atoms with Gasteiger partial charge in [-0.15, -0.1) is 0 Å². The van der Waals surface area contributed by atoms with Gasteiger partial charge in [-0.1, -0.05) is 35.4 Å². The molecular formula is C30H32ClNO6. The van der Waals surface area contributed by atoms with Crippen LogP contribution >= 0.6 is 11.6 Å². The summed E-state index contributed by atoms with van der Waals surface area (Å²) in [6.45, 7) is 5.86. The van der Waals surface area contributed by atoms with E-state index in [2.05, 4.69) is 5.32 Å². The van der Waals surface area contributed by atoms with Crippen LogP contribution in [0.3, 0.4) is 0 Å². The van der Waals surface area contributed by atoms with E-state index in [1.807, 2.05) is 32.9 Å². The summed E-state index contributed by atoms with van der Waals surface area (Å²) in [4.78, 5) is 26.7. The number of ether oxygens (including phenoxy) is 4. The van der Waals surface area contributed by atoms with Crippen LogP contribution in [0.2, 0.25) is 5.02 Å². The highest BCUT2D eigenvalue weighted by molar-refractivity contribution is 6.34. The molecule has 1 amide bonds. The van der Waals surface area contributed by atoms with Gasteiger partial charge in [-0.2, -0.15) is 0 Å². The van der Waals surface area contributed by atoms with Gasteiger partial charge in [-0.25, -0.2) is 0 Å². The molecule has 0 unspecified atom stereocenters. The molecule has 7 nitrogen and oxygen atoms in total. The van der Waals surface area contributed by atoms with Crippen molar-refractivity contribution in [1.29, 1.82) is 0 Å². The minimum Gasteiger partial charge on any atom is -0.493 e. The molecule has 1 aliphatic carbocycles. The number of rotatable bonds is 6. The number of benzene rings is 2. The molecule has 8 heteroatoms. The molecule has 1 atom stereocenters. The standard InChI is InChI=1S/C30H32ClNO6/c1-15-12-16(2)24(17(3)13-15)30(34)32-21-10-8-19-25(18-9-11-23(35-4)22(33)14-20(18)21)27(36-5)29(38-7)28(37-6)26(19)31/h9,11-14,21H,8,10H2,1-7H3,(H,32,34)/t21-/m0/s1.